The first kappa shape index (κ1) is 21.6. The molecular weight excluding hydrogens is 380 g/mol. The van der Waals surface area contributed by atoms with Gasteiger partial charge in [0, 0.05) is 18.7 Å². The molecule has 2 aromatic rings. The maximum absolute atomic E-state index is 12.2. The summed E-state index contributed by atoms with van der Waals surface area (Å²) in [6, 6.07) is 12.9. The number of aliphatic hydroxyl groups excluding tert-OH is 1. The van der Waals surface area contributed by atoms with E-state index in [0.717, 1.165) is 5.56 Å². The molecule has 150 valence electrons. The fraction of sp³-hybridized carbons (Fsp3) is 0.250. The molecule has 28 heavy (non-hydrogen) atoms. The number of rotatable bonds is 10. The van der Waals surface area contributed by atoms with Crippen molar-refractivity contribution in [1.82, 2.24) is 10.0 Å². The molecule has 8 heteroatoms. The Morgan fingerprint density at radius 3 is 2.61 bits per heavy atom. The van der Waals surface area contributed by atoms with Crippen molar-refractivity contribution in [3.63, 3.8) is 0 Å². The Morgan fingerprint density at radius 1 is 1.25 bits per heavy atom. The summed E-state index contributed by atoms with van der Waals surface area (Å²) in [6.45, 7) is 5.56. The van der Waals surface area contributed by atoms with Crippen LogP contribution in [0.15, 0.2) is 66.1 Å². The van der Waals surface area contributed by atoms with E-state index < -0.39 is 22.0 Å². The number of benzene rings is 2. The number of nitrogens with one attached hydrogen (secondary N) is 2. The molecular formula is C20H24N2O5S. The molecule has 1 unspecified atom stereocenters. The lowest BCUT2D eigenvalue weighted by atomic mass is 10.2. The first-order chi connectivity index (χ1) is 13.3. The lowest BCUT2D eigenvalue weighted by molar-refractivity contribution is 0.0843. The zero-order valence-corrected chi connectivity index (χ0v) is 16.4. The zero-order valence-electron chi connectivity index (χ0n) is 15.6. The van der Waals surface area contributed by atoms with Crippen LogP contribution in [0, 0.1) is 6.92 Å². The van der Waals surface area contributed by atoms with E-state index in [1.807, 2.05) is 25.1 Å². The van der Waals surface area contributed by atoms with Crippen LogP contribution < -0.4 is 14.8 Å². The summed E-state index contributed by atoms with van der Waals surface area (Å²) in [5.74, 6) is 0.227. The van der Waals surface area contributed by atoms with E-state index in [1.54, 1.807) is 6.07 Å². The quantitative estimate of drug-likeness (QED) is 0.522. The minimum absolute atomic E-state index is 0.00554. The molecule has 0 spiro atoms. The van der Waals surface area contributed by atoms with E-state index in [2.05, 4.69) is 16.6 Å². The van der Waals surface area contributed by atoms with Gasteiger partial charge in [0.05, 0.1) is 4.90 Å². The van der Waals surface area contributed by atoms with Crippen molar-refractivity contribution in [3.8, 4) is 5.75 Å². The lowest BCUT2D eigenvalue weighted by Crippen LogP contribution is -2.35. The number of ether oxygens (including phenoxy) is 1. The van der Waals surface area contributed by atoms with Crippen molar-refractivity contribution in [2.24, 2.45) is 0 Å². The second-order valence-corrected chi connectivity index (χ2v) is 7.92. The van der Waals surface area contributed by atoms with Crippen LogP contribution in [0.5, 0.6) is 5.75 Å². The monoisotopic (exact) mass is 404 g/mol. The van der Waals surface area contributed by atoms with Gasteiger partial charge in [-0.2, -0.15) is 0 Å². The molecule has 0 saturated heterocycles. The number of hydrogen-bond donors (Lipinski definition) is 3. The van der Waals surface area contributed by atoms with Crippen LogP contribution in [0.2, 0.25) is 0 Å². The van der Waals surface area contributed by atoms with Gasteiger partial charge in [-0.3, -0.25) is 4.79 Å². The van der Waals surface area contributed by atoms with Gasteiger partial charge in [-0.25, -0.2) is 13.1 Å². The summed E-state index contributed by atoms with van der Waals surface area (Å²) in [5, 5.41) is 12.6. The molecule has 0 radical (unpaired) electrons. The number of carbonyl (C=O) groups is 1. The number of aryl methyl sites for hydroxylation is 1. The van der Waals surface area contributed by atoms with E-state index in [9.17, 15) is 18.3 Å². The van der Waals surface area contributed by atoms with Crippen molar-refractivity contribution in [3.05, 3.63) is 72.3 Å². The second-order valence-electron chi connectivity index (χ2n) is 6.16. The predicted octanol–water partition coefficient (Wildman–Crippen LogP) is 1.63. The third-order valence-corrected chi connectivity index (χ3v) is 5.21. The smallest absolute Gasteiger partial charge is 0.251 e. The average Bonchev–Trinajstić information content (AvgIpc) is 2.69. The van der Waals surface area contributed by atoms with Gasteiger partial charge in [0.1, 0.15) is 18.5 Å². The number of aliphatic hydroxyl groups is 1. The highest BCUT2D eigenvalue weighted by Gasteiger charge is 2.14. The Kier molecular flexibility index (Phi) is 7.74. The van der Waals surface area contributed by atoms with Gasteiger partial charge < -0.3 is 15.2 Å². The number of carbonyl (C=O) groups excluding carboxylic acids is 1. The van der Waals surface area contributed by atoms with Crippen molar-refractivity contribution in [2.45, 2.75) is 17.9 Å². The topological polar surface area (TPSA) is 105 Å². The first-order valence-electron chi connectivity index (χ1n) is 8.68. The summed E-state index contributed by atoms with van der Waals surface area (Å²) < 4.78 is 31.8. The fourth-order valence-corrected chi connectivity index (χ4v) is 3.30. The SMILES string of the molecule is C=CCNS(=O)(=O)c1ccc(C(=O)NCC(O)COc2cccc(C)c2)cc1. The Hall–Kier alpha value is -2.68. The van der Waals surface area contributed by atoms with Gasteiger partial charge in [-0.05, 0) is 48.9 Å². The largest absolute Gasteiger partial charge is 0.491 e. The van der Waals surface area contributed by atoms with E-state index in [-0.39, 0.29) is 30.2 Å². The summed E-state index contributed by atoms with van der Waals surface area (Å²) in [4.78, 5) is 12.2. The Bertz CT molecular complexity index is 910. The minimum Gasteiger partial charge on any atom is -0.491 e. The molecule has 2 rings (SSSR count). The van der Waals surface area contributed by atoms with E-state index >= 15 is 0 Å². The van der Waals surface area contributed by atoms with Crippen molar-refractivity contribution < 1.29 is 23.1 Å². The highest BCUT2D eigenvalue weighted by atomic mass is 32.2. The average molecular weight is 404 g/mol. The molecule has 0 aliphatic rings. The molecule has 7 nitrogen and oxygen atoms in total. The van der Waals surface area contributed by atoms with Crippen molar-refractivity contribution in [2.75, 3.05) is 19.7 Å². The van der Waals surface area contributed by atoms with Crippen LogP contribution in [0.4, 0.5) is 0 Å². The summed E-state index contributed by atoms with van der Waals surface area (Å²) in [6.07, 6.45) is 0.556. The Morgan fingerprint density at radius 2 is 1.96 bits per heavy atom. The highest BCUT2D eigenvalue weighted by Crippen LogP contribution is 2.13. The van der Waals surface area contributed by atoms with Crippen LogP contribution in [0.1, 0.15) is 15.9 Å². The second kappa shape index (κ2) is 10.0. The van der Waals surface area contributed by atoms with Crippen molar-refractivity contribution >= 4 is 15.9 Å². The van der Waals surface area contributed by atoms with Gasteiger partial charge in [0.2, 0.25) is 10.0 Å². The molecule has 3 N–H and O–H groups in total. The predicted molar refractivity (Wildman–Crippen MR) is 107 cm³/mol. The van der Waals surface area contributed by atoms with Gasteiger partial charge in [-0.1, -0.05) is 18.2 Å². The molecule has 0 aliphatic heterocycles. The molecule has 1 amide bonds. The Balaban J connectivity index is 1.84. The third-order valence-electron chi connectivity index (χ3n) is 3.77. The van der Waals surface area contributed by atoms with Crippen LogP contribution in [-0.4, -0.2) is 45.2 Å². The van der Waals surface area contributed by atoms with Gasteiger partial charge in [0.25, 0.3) is 5.91 Å². The molecule has 0 bridgehead atoms. The summed E-state index contributed by atoms with van der Waals surface area (Å²) in [5.41, 5.74) is 1.33. The third kappa shape index (κ3) is 6.49. The molecule has 0 aromatic heterocycles. The van der Waals surface area contributed by atoms with Crippen LogP contribution in [0.25, 0.3) is 0 Å². The molecule has 0 aliphatic carbocycles. The maximum atomic E-state index is 12.2. The van der Waals surface area contributed by atoms with E-state index in [4.69, 9.17) is 4.74 Å². The first-order valence-corrected chi connectivity index (χ1v) is 10.2. The normalized spacial score (nSPS) is 12.2. The highest BCUT2D eigenvalue weighted by molar-refractivity contribution is 7.89. The fourth-order valence-electron chi connectivity index (χ4n) is 2.31. The number of sulfonamides is 1. The number of hydrogen-bond acceptors (Lipinski definition) is 5. The van der Waals surface area contributed by atoms with Crippen LogP contribution in [0.3, 0.4) is 0 Å². The van der Waals surface area contributed by atoms with Crippen LogP contribution >= 0.6 is 0 Å². The molecule has 0 fully saturated rings. The standard InChI is InChI=1S/C20H24N2O5S/c1-3-11-22-28(25,26)19-9-7-16(8-10-19)20(24)21-13-17(23)14-27-18-6-4-5-15(2)12-18/h3-10,12,17,22-23H,1,11,13-14H2,2H3,(H,21,24). The van der Waals surface area contributed by atoms with Crippen LogP contribution in [-0.2, 0) is 10.0 Å². The summed E-state index contributed by atoms with van der Waals surface area (Å²) in [7, 11) is -3.64. The van der Waals surface area contributed by atoms with E-state index in [0.29, 0.717) is 5.75 Å². The maximum Gasteiger partial charge on any atom is 0.251 e. The molecule has 2 aromatic carbocycles. The van der Waals surface area contributed by atoms with Gasteiger partial charge >= 0.3 is 0 Å². The minimum atomic E-state index is -3.64. The molecule has 0 saturated carbocycles. The zero-order chi connectivity index (χ0) is 20.6. The number of amides is 1. The molecule has 0 heterocycles. The molecule has 1 atom stereocenters. The van der Waals surface area contributed by atoms with Gasteiger partial charge in [0.15, 0.2) is 0 Å². The summed E-state index contributed by atoms with van der Waals surface area (Å²) >= 11 is 0. The van der Waals surface area contributed by atoms with Gasteiger partial charge in [-0.15, -0.1) is 6.58 Å². The van der Waals surface area contributed by atoms with E-state index in [1.165, 1.54) is 30.3 Å². The Labute approximate surface area is 165 Å². The van der Waals surface area contributed by atoms with Crippen molar-refractivity contribution in [1.29, 1.82) is 0 Å². The lowest BCUT2D eigenvalue weighted by Gasteiger charge is -2.14.